The number of nitrogens with one attached hydrogen (secondary N) is 1. The van der Waals surface area contributed by atoms with Crippen molar-refractivity contribution in [2.75, 3.05) is 13.1 Å². The van der Waals surface area contributed by atoms with E-state index in [0.717, 1.165) is 11.8 Å². The van der Waals surface area contributed by atoms with Crippen molar-refractivity contribution >= 4 is 17.7 Å². The Morgan fingerprint density at radius 2 is 1.60 bits per heavy atom. The summed E-state index contributed by atoms with van der Waals surface area (Å²) in [5.74, 6) is -2.77. The van der Waals surface area contributed by atoms with E-state index in [1.54, 1.807) is 19.1 Å². The van der Waals surface area contributed by atoms with Crippen LogP contribution in [0.3, 0.4) is 0 Å². The Kier molecular flexibility index (Phi) is 8.88. The summed E-state index contributed by atoms with van der Waals surface area (Å²) in [4.78, 5) is 44.6. The van der Waals surface area contributed by atoms with Crippen LogP contribution < -0.4 is 5.32 Å². The van der Waals surface area contributed by atoms with Gasteiger partial charge < -0.3 is 34.8 Å². The molecule has 0 spiro atoms. The van der Waals surface area contributed by atoms with Crippen LogP contribution in [0.4, 0.5) is 0 Å². The van der Waals surface area contributed by atoms with Crippen LogP contribution in [0, 0.1) is 5.92 Å². The molecule has 214 valence electrons. The first-order valence-electron chi connectivity index (χ1n) is 12.4. The number of hydrogen-bond acceptors (Lipinski definition) is 11. The highest BCUT2D eigenvalue weighted by Gasteiger charge is 2.55. The molecule has 40 heavy (non-hydrogen) atoms. The molecule has 0 aromatic heterocycles. The van der Waals surface area contributed by atoms with Crippen molar-refractivity contribution < 1.29 is 43.9 Å². The normalized spacial score (nSPS) is 35.4. The molecule has 3 heterocycles. The summed E-state index contributed by atoms with van der Waals surface area (Å²) in [6.45, 7) is 2.08. The molecule has 0 saturated carbocycles. The number of ether oxygens (including phenoxy) is 3. The molecular weight excluding hydrogens is 532 g/mol. The number of carbonyl (C=O) groups excluding carboxylic acids is 3. The fourth-order valence-corrected chi connectivity index (χ4v) is 5.17. The van der Waals surface area contributed by atoms with Crippen molar-refractivity contribution in [1.82, 2.24) is 10.2 Å². The van der Waals surface area contributed by atoms with Crippen molar-refractivity contribution in [3.63, 3.8) is 0 Å². The third-order valence-corrected chi connectivity index (χ3v) is 7.19. The number of rotatable bonds is 8. The summed E-state index contributed by atoms with van der Waals surface area (Å²) in [6.07, 6.45) is -10.1. The molecule has 0 bridgehead atoms. The highest BCUT2D eigenvalue weighted by Crippen LogP contribution is 2.37. The molecule has 17 heteroatoms. The van der Waals surface area contributed by atoms with Crippen LogP contribution in [-0.2, 0) is 19.0 Å². The SMILES string of the molecule is CC(=O)NC1C(O)OC(CN=[N+]=[N-])C(OC2OC(CN=[N+]=[N-])C(C)C(O)C2N2C(=O)c3ccccc3C2=O)C1O. The van der Waals surface area contributed by atoms with Crippen molar-refractivity contribution in [1.29, 1.82) is 0 Å². The zero-order valence-corrected chi connectivity index (χ0v) is 21.4. The lowest BCUT2D eigenvalue weighted by molar-refractivity contribution is -0.320. The lowest BCUT2D eigenvalue weighted by Gasteiger charge is -2.49. The maximum absolute atomic E-state index is 13.3. The van der Waals surface area contributed by atoms with Gasteiger partial charge in [0.25, 0.3) is 11.8 Å². The molecule has 0 aliphatic carbocycles. The van der Waals surface area contributed by atoms with Crippen LogP contribution in [0.25, 0.3) is 20.9 Å². The number of fused-ring (bicyclic) bond motifs is 1. The highest BCUT2D eigenvalue weighted by atomic mass is 16.7. The van der Waals surface area contributed by atoms with Gasteiger partial charge in [0.15, 0.2) is 12.6 Å². The van der Waals surface area contributed by atoms with E-state index >= 15 is 0 Å². The standard InChI is InChI=1S/C23H28N8O9/c1-9-13(7-26-29-24)39-23(16(17(9)33)31-20(35)11-5-3-4-6-12(11)21(31)36)40-19-14(8-27-30-25)38-22(37)15(18(19)34)28-10(2)32/h3-6,9,13-19,22-23,33-34,37H,7-8H2,1-2H3,(H,28,32). The lowest BCUT2D eigenvalue weighted by atomic mass is 9.88. The highest BCUT2D eigenvalue weighted by molar-refractivity contribution is 6.21. The maximum Gasteiger partial charge on any atom is 0.262 e. The van der Waals surface area contributed by atoms with Crippen LogP contribution in [0.1, 0.15) is 34.6 Å². The van der Waals surface area contributed by atoms with Gasteiger partial charge >= 0.3 is 0 Å². The predicted molar refractivity (Wildman–Crippen MR) is 132 cm³/mol. The van der Waals surface area contributed by atoms with Gasteiger partial charge in [-0.05, 0) is 23.2 Å². The minimum Gasteiger partial charge on any atom is -0.390 e. The van der Waals surface area contributed by atoms with E-state index in [1.807, 2.05) is 0 Å². The topological polar surface area (TPSA) is 252 Å². The quantitative estimate of drug-likeness (QED) is 0.144. The lowest BCUT2D eigenvalue weighted by Crippen LogP contribution is -2.68. The van der Waals surface area contributed by atoms with Crippen molar-refractivity contribution in [2.45, 2.75) is 69.0 Å². The number of imide groups is 1. The van der Waals surface area contributed by atoms with Crippen LogP contribution >= 0.6 is 0 Å². The van der Waals surface area contributed by atoms with Crippen LogP contribution in [0.15, 0.2) is 34.5 Å². The van der Waals surface area contributed by atoms with Gasteiger partial charge in [-0.15, -0.1) is 0 Å². The minimum absolute atomic E-state index is 0.110. The third kappa shape index (κ3) is 5.45. The molecule has 1 aromatic rings. The smallest absolute Gasteiger partial charge is 0.262 e. The Morgan fingerprint density at radius 3 is 2.15 bits per heavy atom. The molecular formula is C23H28N8O9. The molecule has 3 aliphatic rings. The Balaban J connectivity index is 1.73. The zero-order chi connectivity index (χ0) is 29.1. The Hall–Kier alpha value is -3.79. The fourth-order valence-electron chi connectivity index (χ4n) is 5.17. The summed E-state index contributed by atoms with van der Waals surface area (Å²) in [7, 11) is 0. The number of carbonyl (C=O) groups is 3. The summed E-state index contributed by atoms with van der Waals surface area (Å²) in [5.41, 5.74) is 17.9. The second-order valence-corrected chi connectivity index (χ2v) is 9.62. The van der Waals surface area contributed by atoms with Gasteiger partial charge in [-0.2, -0.15) is 0 Å². The Labute approximate surface area is 226 Å². The average Bonchev–Trinajstić information content (AvgIpc) is 3.17. The van der Waals surface area contributed by atoms with E-state index in [9.17, 15) is 29.7 Å². The molecule has 2 fully saturated rings. The maximum atomic E-state index is 13.3. The van der Waals surface area contributed by atoms with E-state index in [-0.39, 0.29) is 17.7 Å². The zero-order valence-electron chi connectivity index (χ0n) is 21.4. The van der Waals surface area contributed by atoms with Crippen molar-refractivity contribution in [2.24, 2.45) is 16.1 Å². The monoisotopic (exact) mass is 560 g/mol. The average molecular weight is 561 g/mol. The van der Waals surface area contributed by atoms with E-state index in [1.165, 1.54) is 12.1 Å². The third-order valence-electron chi connectivity index (χ3n) is 7.19. The second kappa shape index (κ2) is 12.2. The largest absolute Gasteiger partial charge is 0.390 e. The van der Waals surface area contributed by atoms with Gasteiger partial charge in [0.1, 0.15) is 24.3 Å². The van der Waals surface area contributed by atoms with E-state index in [4.69, 9.17) is 25.3 Å². The van der Waals surface area contributed by atoms with Crippen LogP contribution in [0.5, 0.6) is 0 Å². The number of amides is 3. The van der Waals surface area contributed by atoms with Gasteiger partial charge in [0, 0.05) is 22.7 Å². The number of nitrogens with zero attached hydrogens (tertiary/aromatic N) is 7. The summed E-state index contributed by atoms with van der Waals surface area (Å²) < 4.78 is 17.6. The molecule has 1 aromatic carbocycles. The molecule has 0 radical (unpaired) electrons. The Bertz CT molecular complexity index is 1220. The molecule has 10 atom stereocenters. The van der Waals surface area contributed by atoms with Gasteiger partial charge in [0.2, 0.25) is 5.91 Å². The summed E-state index contributed by atoms with van der Waals surface area (Å²) in [6, 6.07) is 3.26. The molecule has 3 amide bonds. The van der Waals surface area contributed by atoms with E-state index in [2.05, 4.69) is 25.4 Å². The Morgan fingerprint density at radius 1 is 1.02 bits per heavy atom. The summed E-state index contributed by atoms with van der Waals surface area (Å²) >= 11 is 0. The minimum atomic E-state index is -1.71. The molecule has 17 nitrogen and oxygen atoms in total. The second-order valence-electron chi connectivity index (χ2n) is 9.62. The van der Waals surface area contributed by atoms with Gasteiger partial charge in [-0.25, -0.2) is 0 Å². The van der Waals surface area contributed by atoms with E-state index < -0.39 is 85.4 Å². The van der Waals surface area contributed by atoms with Crippen LogP contribution in [-0.4, -0.2) is 106 Å². The molecule has 2 saturated heterocycles. The van der Waals surface area contributed by atoms with Crippen LogP contribution in [0.2, 0.25) is 0 Å². The van der Waals surface area contributed by atoms with E-state index in [0.29, 0.717) is 0 Å². The van der Waals surface area contributed by atoms with Gasteiger partial charge in [-0.3, -0.25) is 19.3 Å². The van der Waals surface area contributed by atoms with Gasteiger partial charge in [-0.1, -0.05) is 29.3 Å². The van der Waals surface area contributed by atoms with Crippen molar-refractivity contribution in [3.8, 4) is 0 Å². The van der Waals surface area contributed by atoms with Crippen molar-refractivity contribution in [3.05, 3.63) is 56.3 Å². The number of azide groups is 2. The first-order valence-corrected chi connectivity index (χ1v) is 12.4. The number of benzene rings is 1. The summed E-state index contributed by atoms with van der Waals surface area (Å²) in [5, 5.41) is 42.2. The number of hydrogen-bond donors (Lipinski definition) is 4. The number of aliphatic hydroxyl groups is 3. The molecule has 4 rings (SSSR count). The predicted octanol–water partition coefficient (Wildman–Crippen LogP) is -0.0383. The van der Waals surface area contributed by atoms with Gasteiger partial charge in [0.05, 0.1) is 42.5 Å². The number of aliphatic hydroxyl groups excluding tert-OH is 3. The molecule has 4 N–H and O–H groups in total. The molecule has 10 unspecified atom stereocenters. The first-order chi connectivity index (χ1) is 19.1. The first kappa shape index (κ1) is 29.2. The molecule has 3 aliphatic heterocycles. The fraction of sp³-hybridized carbons (Fsp3) is 0.609.